The van der Waals surface area contributed by atoms with Crippen molar-refractivity contribution in [1.29, 1.82) is 0 Å². The van der Waals surface area contributed by atoms with Gasteiger partial charge in [0.2, 0.25) is 0 Å². The van der Waals surface area contributed by atoms with Gasteiger partial charge in [0.05, 0.1) is 35.6 Å². The molecular weight excluding hydrogens is 819 g/mol. The molecule has 0 aromatic heterocycles. The number of ether oxygens (including phenoxy) is 5. The van der Waals surface area contributed by atoms with E-state index in [2.05, 4.69) is 5.32 Å². The molecule has 0 spiro atoms. The van der Waals surface area contributed by atoms with Gasteiger partial charge in [-0.15, -0.1) is 0 Å². The lowest BCUT2D eigenvalue weighted by molar-refractivity contribution is -0.369. The molecule has 3 aromatic rings. The molecule has 3 fully saturated rings. The Labute approximate surface area is 363 Å². The first-order valence-corrected chi connectivity index (χ1v) is 20.6. The first kappa shape index (κ1) is 45.3. The fourth-order valence-corrected chi connectivity index (χ4v) is 10.3. The van der Waals surface area contributed by atoms with E-state index in [1.807, 2.05) is 0 Å². The maximum absolute atomic E-state index is 15.5. The van der Waals surface area contributed by atoms with Crippen molar-refractivity contribution >= 4 is 35.6 Å². The van der Waals surface area contributed by atoms with Gasteiger partial charge in [0, 0.05) is 31.2 Å². The Morgan fingerprint density at radius 2 is 1.38 bits per heavy atom. The lowest BCUT2D eigenvalue weighted by atomic mass is 9.44. The number of rotatable bonds is 10. The molecule has 1 heterocycles. The number of ketones is 1. The molecule has 7 rings (SSSR count). The summed E-state index contributed by atoms with van der Waals surface area (Å²) < 4.78 is 29.9. The van der Waals surface area contributed by atoms with Crippen LogP contribution in [0.1, 0.15) is 80.3 Å². The SMILES string of the molecule is CC(=O)O[C@H]1C(=O)[C@]2(C)[C@H]([C@H](OC(=O)c3ccccc3)[C@@]3(O)C[C@H](OC(=O)[C@H](O)[C@@H](NC(=O)c4ccccc4)c4ccccc4)C(C)=C1C3(C)C)[C@@]1(OC(C)=O)CO[C@@H]1[C@@H](O)[C@@H]2O. The molecule has 2 saturated carbocycles. The predicted octanol–water partition coefficient (Wildman–Crippen LogP) is 2.71. The largest absolute Gasteiger partial charge is 0.456 e. The van der Waals surface area contributed by atoms with E-state index in [-0.39, 0.29) is 22.3 Å². The Morgan fingerprint density at radius 3 is 1.92 bits per heavy atom. The molecule has 3 aliphatic carbocycles. The van der Waals surface area contributed by atoms with Crippen LogP contribution in [0.3, 0.4) is 0 Å². The molecule has 1 saturated heterocycles. The molecule has 1 aliphatic heterocycles. The van der Waals surface area contributed by atoms with Crippen molar-refractivity contribution in [3.05, 3.63) is 119 Å². The normalized spacial score (nSPS) is 32.7. The Morgan fingerprint density at radius 1 is 0.810 bits per heavy atom. The monoisotopic (exact) mass is 869 g/mol. The van der Waals surface area contributed by atoms with E-state index >= 15 is 4.79 Å². The van der Waals surface area contributed by atoms with Crippen molar-refractivity contribution in [2.45, 2.75) is 108 Å². The van der Waals surface area contributed by atoms with Gasteiger partial charge < -0.3 is 49.4 Å². The number of aliphatic hydroxyl groups excluding tert-OH is 3. The molecule has 63 heavy (non-hydrogen) atoms. The second-order valence-corrected chi connectivity index (χ2v) is 17.5. The van der Waals surface area contributed by atoms with E-state index in [0.717, 1.165) is 13.8 Å². The molecule has 4 aliphatic rings. The molecule has 16 nitrogen and oxygen atoms in total. The molecule has 2 bridgehead atoms. The smallest absolute Gasteiger partial charge is 0.338 e. The molecule has 16 heteroatoms. The quantitative estimate of drug-likeness (QED) is 0.112. The fraction of sp³-hybridized carbons (Fsp3) is 0.447. The summed E-state index contributed by atoms with van der Waals surface area (Å²) in [5.74, 6) is -7.48. The van der Waals surface area contributed by atoms with Crippen molar-refractivity contribution in [3.63, 3.8) is 0 Å². The van der Waals surface area contributed by atoms with Crippen LogP contribution in [-0.4, -0.2) is 117 Å². The van der Waals surface area contributed by atoms with Crippen LogP contribution in [0.2, 0.25) is 0 Å². The Kier molecular flexibility index (Phi) is 12.0. The number of carbonyl (C=O) groups excluding carboxylic acids is 6. The molecule has 12 atom stereocenters. The van der Waals surface area contributed by atoms with Crippen LogP contribution in [0, 0.1) is 16.7 Å². The first-order chi connectivity index (χ1) is 29.7. The molecule has 5 N–H and O–H groups in total. The minimum Gasteiger partial charge on any atom is -0.456 e. The fourth-order valence-electron chi connectivity index (χ4n) is 10.3. The average molecular weight is 870 g/mol. The number of Topliss-reactive ketones (excluding diaryl/α,β-unsaturated/α-hetero) is 1. The highest BCUT2D eigenvalue weighted by Gasteiger charge is 2.80. The summed E-state index contributed by atoms with van der Waals surface area (Å²) in [5, 5.41) is 51.8. The Bertz CT molecular complexity index is 2320. The van der Waals surface area contributed by atoms with Gasteiger partial charge in [-0.3, -0.25) is 19.2 Å². The molecule has 0 radical (unpaired) electrons. The minimum absolute atomic E-state index is 0.0180. The molecule has 1 amide bonds. The van der Waals surface area contributed by atoms with Crippen LogP contribution in [0.25, 0.3) is 0 Å². The van der Waals surface area contributed by atoms with Crippen molar-refractivity contribution in [1.82, 2.24) is 5.32 Å². The summed E-state index contributed by atoms with van der Waals surface area (Å²) in [5.41, 5.74) is -7.98. The number of benzene rings is 3. The highest BCUT2D eigenvalue weighted by atomic mass is 16.6. The second kappa shape index (κ2) is 16.7. The van der Waals surface area contributed by atoms with Gasteiger partial charge in [0.25, 0.3) is 5.91 Å². The van der Waals surface area contributed by atoms with E-state index in [4.69, 9.17) is 23.7 Å². The van der Waals surface area contributed by atoms with E-state index in [1.165, 1.54) is 39.8 Å². The summed E-state index contributed by atoms with van der Waals surface area (Å²) in [4.78, 5) is 83.6. The number of aliphatic hydroxyl groups is 4. The number of carbonyl (C=O) groups is 6. The summed E-state index contributed by atoms with van der Waals surface area (Å²) in [6.07, 6.45) is -13.5. The maximum atomic E-state index is 15.5. The molecular formula is C47H51NO15. The van der Waals surface area contributed by atoms with E-state index < -0.39 is 125 Å². The van der Waals surface area contributed by atoms with Crippen LogP contribution >= 0.6 is 0 Å². The van der Waals surface area contributed by atoms with Crippen molar-refractivity contribution in [2.75, 3.05) is 6.61 Å². The zero-order valence-electron chi connectivity index (χ0n) is 35.6. The average Bonchev–Trinajstić information content (AvgIpc) is 3.24. The van der Waals surface area contributed by atoms with Gasteiger partial charge in [-0.2, -0.15) is 0 Å². The van der Waals surface area contributed by atoms with Crippen LogP contribution in [0.4, 0.5) is 0 Å². The summed E-state index contributed by atoms with van der Waals surface area (Å²) in [6.45, 7) is 7.39. The lowest BCUT2D eigenvalue weighted by Crippen LogP contribution is -2.85. The van der Waals surface area contributed by atoms with Gasteiger partial charge in [0.1, 0.15) is 30.0 Å². The van der Waals surface area contributed by atoms with E-state index in [9.17, 15) is 44.4 Å². The van der Waals surface area contributed by atoms with Crippen LogP contribution in [0.15, 0.2) is 102 Å². The van der Waals surface area contributed by atoms with Crippen LogP contribution < -0.4 is 5.32 Å². The third-order valence-electron chi connectivity index (χ3n) is 13.5. The lowest BCUT2D eigenvalue weighted by Gasteiger charge is -2.68. The van der Waals surface area contributed by atoms with Crippen molar-refractivity contribution in [2.24, 2.45) is 16.7 Å². The third kappa shape index (κ3) is 7.42. The number of hydrogen-bond acceptors (Lipinski definition) is 15. The highest BCUT2D eigenvalue weighted by molar-refractivity contribution is 5.96. The van der Waals surface area contributed by atoms with Gasteiger partial charge in [-0.25, -0.2) is 9.59 Å². The van der Waals surface area contributed by atoms with Gasteiger partial charge in [0.15, 0.2) is 23.6 Å². The predicted molar refractivity (Wildman–Crippen MR) is 219 cm³/mol. The molecule has 0 unspecified atom stereocenters. The Balaban J connectivity index is 1.40. The molecule has 3 aromatic carbocycles. The van der Waals surface area contributed by atoms with Gasteiger partial charge >= 0.3 is 23.9 Å². The second-order valence-electron chi connectivity index (χ2n) is 17.5. The number of hydrogen-bond donors (Lipinski definition) is 5. The van der Waals surface area contributed by atoms with Crippen molar-refractivity contribution < 1.29 is 72.9 Å². The van der Waals surface area contributed by atoms with Gasteiger partial charge in [-0.1, -0.05) is 80.6 Å². The first-order valence-electron chi connectivity index (χ1n) is 20.6. The van der Waals surface area contributed by atoms with Crippen LogP contribution in [0.5, 0.6) is 0 Å². The van der Waals surface area contributed by atoms with Crippen LogP contribution in [-0.2, 0) is 42.9 Å². The highest BCUT2D eigenvalue weighted by Crippen LogP contribution is 2.64. The summed E-state index contributed by atoms with van der Waals surface area (Å²) in [6, 6.07) is 22.6. The maximum Gasteiger partial charge on any atom is 0.338 e. The summed E-state index contributed by atoms with van der Waals surface area (Å²) in [7, 11) is 0. The van der Waals surface area contributed by atoms with E-state index in [0.29, 0.717) is 5.56 Å². The zero-order valence-corrected chi connectivity index (χ0v) is 35.6. The minimum atomic E-state index is -2.48. The van der Waals surface area contributed by atoms with Gasteiger partial charge in [-0.05, 0) is 54.8 Å². The zero-order chi connectivity index (χ0) is 45.8. The Hall–Kier alpha value is -5.78. The number of amides is 1. The standard InChI is InChI=1S/C47H51NO15/c1-24-30(61-43(57)33(51)32(27-16-10-7-11-17-27)48-41(55)28-18-12-8-13-19-28)22-47(58)40(62-42(56)29-20-14-9-15-21-29)36-45(6,38(54)35(60-25(2)49)31(24)44(47,4)5)37(53)34(52)39-46(36,23-59-39)63-26(3)50/h7-21,30,32-37,39-40,51-53,58H,22-23H2,1-6H3,(H,48,55)/t30-,32-,33+,34-,35+,36-,37-,39+,40-,45+,46-,47-/m0/s1. The number of fused-ring (bicyclic) bond motifs is 5. The third-order valence-corrected chi connectivity index (χ3v) is 13.5. The van der Waals surface area contributed by atoms with E-state index in [1.54, 1.807) is 78.9 Å². The number of nitrogens with one attached hydrogen (secondary N) is 1. The molecule has 334 valence electrons. The number of esters is 4. The van der Waals surface area contributed by atoms with Crippen molar-refractivity contribution in [3.8, 4) is 0 Å². The topological polar surface area (TPSA) is 242 Å². The summed E-state index contributed by atoms with van der Waals surface area (Å²) >= 11 is 0.